The molecule has 0 heterocycles. The number of hydrogen-bond donors (Lipinski definition) is 3. The van der Waals surface area contributed by atoms with E-state index in [0.717, 1.165) is 32.1 Å². The van der Waals surface area contributed by atoms with E-state index in [1.165, 1.54) is 0 Å². The second kappa shape index (κ2) is 8.65. The third-order valence-corrected chi connectivity index (χ3v) is 5.60. The summed E-state index contributed by atoms with van der Waals surface area (Å²) in [6.07, 6.45) is 6.43. The average molecular weight is 354 g/mol. The summed E-state index contributed by atoms with van der Waals surface area (Å²) in [5.41, 5.74) is 5.02. The predicted octanol–water partition coefficient (Wildman–Crippen LogP) is 1.59. The molecule has 0 aromatic carbocycles. The molecule has 7 heteroatoms. The summed E-state index contributed by atoms with van der Waals surface area (Å²) in [7, 11) is 0. The zero-order valence-electron chi connectivity index (χ0n) is 15.0. The quantitative estimate of drug-likeness (QED) is 0.597. The molecule has 0 aromatic rings. The van der Waals surface area contributed by atoms with Crippen LogP contribution in [-0.4, -0.2) is 41.6 Å². The van der Waals surface area contributed by atoms with Crippen molar-refractivity contribution < 1.29 is 24.2 Å². The molecular formula is C18H30N2O5. The molecule has 3 atom stereocenters. The smallest absolute Gasteiger partial charge is 0.320 e. The van der Waals surface area contributed by atoms with Gasteiger partial charge < -0.3 is 20.9 Å². The van der Waals surface area contributed by atoms with Crippen molar-refractivity contribution in [3.8, 4) is 0 Å². The second-order valence-corrected chi connectivity index (χ2v) is 7.42. The van der Waals surface area contributed by atoms with Crippen molar-refractivity contribution in [2.75, 3.05) is 6.61 Å². The molecule has 0 aliphatic heterocycles. The molecule has 0 spiro atoms. The van der Waals surface area contributed by atoms with E-state index in [-0.39, 0.29) is 30.3 Å². The first-order valence-electron chi connectivity index (χ1n) is 9.34. The number of ether oxygens (including phenoxy) is 1. The third kappa shape index (κ3) is 4.93. The van der Waals surface area contributed by atoms with Gasteiger partial charge in [-0.3, -0.25) is 14.4 Å². The van der Waals surface area contributed by atoms with E-state index in [1.54, 1.807) is 6.92 Å². The van der Waals surface area contributed by atoms with E-state index in [9.17, 15) is 14.4 Å². The van der Waals surface area contributed by atoms with Gasteiger partial charge in [-0.05, 0) is 45.4 Å². The number of aliphatic carboxylic acids is 1. The van der Waals surface area contributed by atoms with Crippen molar-refractivity contribution in [1.29, 1.82) is 0 Å². The molecular weight excluding hydrogens is 324 g/mol. The maximum absolute atomic E-state index is 12.9. The van der Waals surface area contributed by atoms with Crippen LogP contribution < -0.4 is 11.1 Å². The molecule has 1 amide bonds. The lowest BCUT2D eigenvalue weighted by molar-refractivity contribution is -0.150. The number of nitrogens with two attached hydrogens (primary N) is 1. The van der Waals surface area contributed by atoms with E-state index >= 15 is 0 Å². The largest absolute Gasteiger partial charge is 0.480 e. The van der Waals surface area contributed by atoms with E-state index in [1.807, 2.05) is 0 Å². The predicted molar refractivity (Wildman–Crippen MR) is 91.7 cm³/mol. The highest BCUT2D eigenvalue weighted by Crippen LogP contribution is 2.42. The number of rotatable bonds is 7. The summed E-state index contributed by atoms with van der Waals surface area (Å²) in [5, 5.41) is 12.2. The van der Waals surface area contributed by atoms with E-state index in [0.29, 0.717) is 25.9 Å². The van der Waals surface area contributed by atoms with Crippen LogP contribution in [-0.2, 0) is 19.1 Å². The number of carbonyl (C=O) groups excluding carboxylic acids is 2. The van der Waals surface area contributed by atoms with E-state index in [2.05, 4.69) is 5.32 Å². The first kappa shape index (κ1) is 19.7. The standard InChI is InChI=1S/C18H30N2O5/c1-2-25-16(23)12-6-5-7-13(10-12)20-17(24)18(8-3-4-9-18)11-14(19)15(21)22/h12-14H,2-11,19H2,1H3,(H,20,24)(H,21,22)/t12-,13+,14?/m1/s1. The number of amides is 1. The minimum absolute atomic E-state index is 0.0609. The van der Waals surface area contributed by atoms with Gasteiger partial charge in [0.2, 0.25) is 5.91 Å². The van der Waals surface area contributed by atoms with Gasteiger partial charge in [-0.1, -0.05) is 19.3 Å². The normalized spacial score (nSPS) is 26.6. The lowest BCUT2D eigenvalue weighted by Crippen LogP contribution is -2.49. The lowest BCUT2D eigenvalue weighted by Gasteiger charge is -2.34. The van der Waals surface area contributed by atoms with Gasteiger partial charge in [-0.2, -0.15) is 0 Å². The first-order chi connectivity index (χ1) is 11.9. The minimum atomic E-state index is -1.07. The van der Waals surface area contributed by atoms with Crippen molar-refractivity contribution in [2.45, 2.75) is 76.8 Å². The van der Waals surface area contributed by atoms with E-state index < -0.39 is 17.4 Å². The van der Waals surface area contributed by atoms with Crippen LogP contribution in [0.4, 0.5) is 0 Å². The molecule has 2 fully saturated rings. The van der Waals surface area contributed by atoms with Gasteiger partial charge in [0, 0.05) is 6.04 Å². The van der Waals surface area contributed by atoms with Crippen LogP contribution in [0.15, 0.2) is 0 Å². The maximum Gasteiger partial charge on any atom is 0.320 e. The summed E-state index contributed by atoms with van der Waals surface area (Å²) < 4.78 is 5.10. The summed E-state index contributed by atoms with van der Waals surface area (Å²) in [4.78, 5) is 36.0. The molecule has 2 aliphatic rings. The highest BCUT2D eigenvalue weighted by molar-refractivity contribution is 5.84. The summed E-state index contributed by atoms with van der Waals surface area (Å²) in [6, 6.07) is -1.09. The molecule has 25 heavy (non-hydrogen) atoms. The molecule has 0 saturated heterocycles. The van der Waals surface area contributed by atoms with Gasteiger partial charge in [0.1, 0.15) is 6.04 Å². The van der Waals surface area contributed by atoms with Gasteiger partial charge in [0.05, 0.1) is 17.9 Å². The maximum atomic E-state index is 12.9. The fraction of sp³-hybridized carbons (Fsp3) is 0.833. The Morgan fingerprint density at radius 3 is 2.52 bits per heavy atom. The molecule has 2 saturated carbocycles. The van der Waals surface area contributed by atoms with Crippen LogP contribution in [0.5, 0.6) is 0 Å². The molecule has 0 bridgehead atoms. The topological polar surface area (TPSA) is 119 Å². The average Bonchev–Trinajstić information content (AvgIpc) is 3.05. The third-order valence-electron chi connectivity index (χ3n) is 5.60. The molecule has 0 aromatic heterocycles. The molecule has 4 N–H and O–H groups in total. The summed E-state index contributed by atoms with van der Waals surface area (Å²) in [6.45, 7) is 2.15. The minimum Gasteiger partial charge on any atom is -0.480 e. The Morgan fingerprint density at radius 2 is 1.92 bits per heavy atom. The van der Waals surface area contributed by atoms with Crippen molar-refractivity contribution in [3.05, 3.63) is 0 Å². The monoisotopic (exact) mass is 354 g/mol. The SMILES string of the molecule is CCOC(=O)[C@@H]1CCC[C@H](NC(=O)C2(CC(N)C(=O)O)CCCC2)C1. The number of nitrogens with one attached hydrogen (secondary N) is 1. The Balaban J connectivity index is 1.98. The second-order valence-electron chi connectivity index (χ2n) is 7.42. The molecule has 2 rings (SSSR count). The van der Waals surface area contributed by atoms with Gasteiger partial charge >= 0.3 is 11.9 Å². The molecule has 142 valence electrons. The zero-order valence-corrected chi connectivity index (χ0v) is 15.0. The van der Waals surface area contributed by atoms with Crippen LogP contribution in [0, 0.1) is 11.3 Å². The Labute approximate surface area is 148 Å². The molecule has 1 unspecified atom stereocenters. The van der Waals surface area contributed by atoms with Crippen molar-refractivity contribution in [1.82, 2.24) is 5.32 Å². The number of carbonyl (C=O) groups is 3. The number of carboxylic acid groups (broad SMARTS) is 1. The van der Waals surface area contributed by atoms with Crippen LogP contribution in [0.25, 0.3) is 0 Å². The van der Waals surface area contributed by atoms with Gasteiger partial charge in [0.25, 0.3) is 0 Å². The van der Waals surface area contributed by atoms with Crippen LogP contribution >= 0.6 is 0 Å². The fourth-order valence-electron chi connectivity index (χ4n) is 4.22. The number of esters is 1. The number of carboxylic acids is 1. The first-order valence-corrected chi connectivity index (χ1v) is 9.34. The van der Waals surface area contributed by atoms with E-state index in [4.69, 9.17) is 15.6 Å². The zero-order chi connectivity index (χ0) is 18.4. The Hall–Kier alpha value is -1.63. The Morgan fingerprint density at radius 1 is 1.24 bits per heavy atom. The van der Waals surface area contributed by atoms with Crippen LogP contribution in [0.3, 0.4) is 0 Å². The number of hydrogen-bond acceptors (Lipinski definition) is 5. The molecule has 0 radical (unpaired) electrons. The highest BCUT2D eigenvalue weighted by atomic mass is 16.5. The Bertz CT molecular complexity index is 502. The highest BCUT2D eigenvalue weighted by Gasteiger charge is 2.44. The molecule has 7 nitrogen and oxygen atoms in total. The van der Waals surface area contributed by atoms with Gasteiger partial charge in [0.15, 0.2) is 0 Å². The lowest BCUT2D eigenvalue weighted by atomic mass is 9.78. The van der Waals surface area contributed by atoms with Gasteiger partial charge in [-0.25, -0.2) is 0 Å². The summed E-state index contributed by atoms with van der Waals surface area (Å²) >= 11 is 0. The van der Waals surface area contributed by atoms with Crippen molar-refractivity contribution in [2.24, 2.45) is 17.1 Å². The van der Waals surface area contributed by atoms with Crippen LogP contribution in [0.2, 0.25) is 0 Å². The molecule has 2 aliphatic carbocycles. The van der Waals surface area contributed by atoms with Crippen LogP contribution in [0.1, 0.15) is 64.7 Å². The fourth-order valence-corrected chi connectivity index (χ4v) is 4.22. The van der Waals surface area contributed by atoms with Crippen molar-refractivity contribution >= 4 is 17.8 Å². The summed E-state index contributed by atoms with van der Waals surface area (Å²) in [5.74, 6) is -1.53. The Kier molecular flexibility index (Phi) is 6.81. The van der Waals surface area contributed by atoms with Gasteiger partial charge in [-0.15, -0.1) is 0 Å². The van der Waals surface area contributed by atoms with Crippen molar-refractivity contribution in [3.63, 3.8) is 0 Å².